The fourth-order valence-electron chi connectivity index (χ4n) is 1.51. The van der Waals surface area contributed by atoms with Gasteiger partial charge in [0.2, 0.25) is 10.0 Å². The lowest BCUT2D eigenvalue weighted by atomic mass is 10.3. The zero-order valence-electron chi connectivity index (χ0n) is 11.5. The molecule has 0 amide bonds. The van der Waals surface area contributed by atoms with Crippen molar-refractivity contribution in [2.24, 2.45) is 0 Å². The van der Waals surface area contributed by atoms with Crippen LogP contribution in [0, 0.1) is 0 Å². The average molecular weight is 324 g/mol. The van der Waals surface area contributed by atoms with Gasteiger partial charge in [-0.15, -0.1) is 0 Å². The van der Waals surface area contributed by atoms with Gasteiger partial charge >= 0.3 is 0 Å². The summed E-state index contributed by atoms with van der Waals surface area (Å²) in [6, 6.07) is 4.25. The molecule has 0 saturated carbocycles. The Morgan fingerprint density at radius 1 is 1.38 bits per heavy atom. The molecule has 0 radical (unpaired) electrons. The van der Waals surface area contributed by atoms with E-state index in [9.17, 15) is 17.2 Å². The predicted octanol–water partition coefficient (Wildman–Crippen LogP) is 1.23. The van der Waals surface area contributed by atoms with Crippen LogP contribution in [0.2, 0.25) is 0 Å². The van der Waals surface area contributed by atoms with Crippen molar-refractivity contribution in [1.82, 2.24) is 4.72 Å². The maximum atomic E-state index is 12.1. The molecule has 0 fully saturated rings. The first kappa shape index (κ1) is 17.6. The highest BCUT2D eigenvalue weighted by Crippen LogP contribution is 2.25. The Kier molecular flexibility index (Phi) is 6.79. The summed E-state index contributed by atoms with van der Waals surface area (Å²) in [5.74, 6) is 0.174. The normalized spacial score (nSPS) is 11.8. The summed E-state index contributed by atoms with van der Waals surface area (Å²) in [5.41, 5.74) is 5.85. The number of ether oxygens (including phenoxy) is 2. The monoisotopic (exact) mass is 324 g/mol. The van der Waals surface area contributed by atoms with Crippen LogP contribution in [0.15, 0.2) is 23.1 Å². The molecule has 9 heteroatoms. The Labute approximate surface area is 122 Å². The maximum absolute atomic E-state index is 12.1. The molecule has 120 valence electrons. The van der Waals surface area contributed by atoms with Crippen LogP contribution in [-0.2, 0) is 14.8 Å². The lowest BCUT2D eigenvalue weighted by Gasteiger charge is -2.12. The lowest BCUT2D eigenvalue weighted by molar-refractivity contribution is 0.0199. The second kappa shape index (κ2) is 8.11. The van der Waals surface area contributed by atoms with Crippen molar-refractivity contribution >= 4 is 15.7 Å². The lowest BCUT2D eigenvalue weighted by Crippen LogP contribution is -2.28. The Bertz CT molecular complexity index is 552. The van der Waals surface area contributed by atoms with Crippen LogP contribution in [0.5, 0.6) is 5.75 Å². The number of anilines is 1. The van der Waals surface area contributed by atoms with Gasteiger partial charge in [-0.25, -0.2) is 21.9 Å². The Hall–Kier alpha value is -1.45. The molecule has 0 heterocycles. The molecule has 1 rings (SSSR count). The minimum atomic E-state index is -3.86. The van der Waals surface area contributed by atoms with Crippen LogP contribution in [0.4, 0.5) is 14.5 Å². The molecular weight excluding hydrogens is 306 g/mol. The molecular formula is C12H18F2N2O4S. The quantitative estimate of drug-likeness (QED) is 0.527. The third-order valence-electron chi connectivity index (χ3n) is 2.34. The van der Waals surface area contributed by atoms with Crippen molar-refractivity contribution in [2.45, 2.75) is 18.2 Å². The molecule has 3 N–H and O–H groups in total. The van der Waals surface area contributed by atoms with Crippen LogP contribution in [0.25, 0.3) is 0 Å². The highest BCUT2D eigenvalue weighted by Gasteiger charge is 2.19. The zero-order chi connectivity index (χ0) is 15.9. The number of alkyl halides is 2. The van der Waals surface area contributed by atoms with E-state index >= 15 is 0 Å². The number of nitrogens with two attached hydrogens (primary N) is 1. The summed E-state index contributed by atoms with van der Waals surface area (Å²) < 4.78 is 60.0. The van der Waals surface area contributed by atoms with Crippen LogP contribution < -0.4 is 15.2 Å². The van der Waals surface area contributed by atoms with Crippen LogP contribution in [-0.4, -0.2) is 41.2 Å². The van der Waals surface area contributed by atoms with E-state index in [1.54, 1.807) is 6.92 Å². The molecule has 0 aliphatic carbocycles. The third kappa shape index (κ3) is 5.82. The van der Waals surface area contributed by atoms with Gasteiger partial charge in [0.1, 0.15) is 17.3 Å². The van der Waals surface area contributed by atoms with Crippen molar-refractivity contribution in [2.75, 3.05) is 32.1 Å². The van der Waals surface area contributed by atoms with Crippen molar-refractivity contribution in [3.05, 3.63) is 18.2 Å². The van der Waals surface area contributed by atoms with Crippen molar-refractivity contribution < 1.29 is 26.7 Å². The molecule has 0 bridgehead atoms. The number of hydrogen-bond donors (Lipinski definition) is 2. The van der Waals surface area contributed by atoms with E-state index in [2.05, 4.69) is 9.46 Å². The fourth-order valence-corrected chi connectivity index (χ4v) is 2.70. The second-order valence-electron chi connectivity index (χ2n) is 4.00. The number of sulfonamides is 1. The number of benzene rings is 1. The summed E-state index contributed by atoms with van der Waals surface area (Å²) in [4.78, 5) is -0.0989. The van der Waals surface area contributed by atoms with Gasteiger partial charge in [-0.1, -0.05) is 0 Å². The molecule has 0 saturated heterocycles. The van der Waals surface area contributed by atoms with E-state index in [1.165, 1.54) is 18.2 Å². The Morgan fingerprint density at radius 2 is 2.10 bits per heavy atom. The first-order chi connectivity index (χ1) is 9.86. The number of rotatable bonds is 9. The Morgan fingerprint density at radius 3 is 2.71 bits per heavy atom. The van der Waals surface area contributed by atoms with Gasteiger partial charge in [-0.05, 0) is 25.1 Å². The fraction of sp³-hybridized carbons (Fsp3) is 0.500. The van der Waals surface area contributed by atoms with Gasteiger partial charge in [-0.2, -0.15) is 0 Å². The molecule has 0 aliphatic rings. The van der Waals surface area contributed by atoms with Crippen molar-refractivity contribution in [3.63, 3.8) is 0 Å². The average Bonchev–Trinajstić information content (AvgIpc) is 2.40. The zero-order valence-corrected chi connectivity index (χ0v) is 12.3. The highest BCUT2D eigenvalue weighted by atomic mass is 32.2. The van der Waals surface area contributed by atoms with Crippen LogP contribution in [0.1, 0.15) is 6.92 Å². The van der Waals surface area contributed by atoms with Crippen molar-refractivity contribution in [3.8, 4) is 5.75 Å². The molecule has 0 aromatic heterocycles. The molecule has 21 heavy (non-hydrogen) atoms. The van der Waals surface area contributed by atoms with Crippen molar-refractivity contribution in [1.29, 1.82) is 0 Å². The standard InChI is InChI=1S/C12H18F2N2O4S/c1-2-20-10-4-3-9(15)7-11(10)21(17,18)16-5-6-19-8-12(13)14/h3-4,7,12,16H,2,5-6,8,15H2,1H3. The van der Waals surface area contributed by atoms with Gasteiger partial charge in [-0.3, -0.25) is 0 Å². The van der Waals surface area contributed by atoms with Gasteiger partial charge in [0.05, 0.1) is 13.2 Å². The van der Waals surface area contributed by atoms with E-state index < -0.39 is 23.1 Å². The smallest absolute Gasteiger partial charge is 0.261 e. The minimum absolute atomic E-state index is 0.0989. The molecule has 1 aromatic carbocycles. The van der Waals surface area contributed by atoms with E-state index in [-0.39, 0.29) is 29.5 Å². The molecule has 0 spiro atoms. The van der Waals surface area contributed by atoms with Gasteiger partial charge in [0.15, 0.2) is 0 Å². The largest absolute Gasteiger partial charge is 0.492 e. The number of nitrogens with one attached hydrogen (secondary N) is 1. The SMILES string of the molecule is CCOc1ccc(N)cc1S(=O)(=O)NCCOCC(F)F. The van der Waals surface area contributed by atoms with Gasteiger partial charge in [0.25, 0.3) is 6.43 Å². The molecule has 6 nitrogen and oxygen atoms in total. The second-order valence-corrected chi connectivity index (χ2v) is 5.74. The van der Waals surface area contributed by atoms with Crippen LogP contribution >= 0.6 is 0 Å². The minimum Gasteiger partial charge on any atom is -0.492 e. The van der Waals surface area contributed by atoms with E-state index in [4.69, 9.17) is 10.5 Å². The predicted molar refractivity (Wildman–Crippen MR) is 74.0 cm³/mol. The first-order valence-electron chi connectivity index (χ1n) is 6.24. The highest BCUT2D eigenvalue weighted by molar-refractivity contribution is 7.89. The molecule has 0 atom stereocenters. The summed E-state index contributed by atoms with van der Waals surface area (Å²) in [6.45, 7) is 0.998. The molecule has 1 aromatic rings. The molecule has 0 unspecified atom stereocenters. The summed E-state index contributed by atoms with van der Waals surface area (Å²) in [5, 5.41) is 0. The van der Waals surface area contributed by atoms with E-state index in [1.807, 2.05) is 0 Å². The summed E-state index contributed by atoms with van der Waals surface area (Å²) in [6.07, 6.45) is -2.58. The van der Waals surface area contributed by atoms with Gasteiger partial charge < -0.3 is 15.2 Å². The summed E-state index contributed by atoms with van der Waals surface area (Å²) in [7, 11) is -3.86. The maximum Gasteiger partial charge on any atom is 0.261 e. The third-order valence-corrected chi connectivity index (χ3v) is 3.82. The topological polar surface area (TPSA) is 90.7 Å². The van der Waals surface area contributed by atoms with E-state index in [0.29, 0.717) is 6.61 Å². The molecule has 0 aliphatic heterocycles. The van der Waals surface area contributed by atoms with E-state index in [0.717, 1.165) is 0 Å². The summed E-state index contributed by atoms with van der Waals surface area (Å²) >= 11 is 0. The number of hydrogen-bond acceptors (Lipinski definition) is 5. The number of halogens is 2. The number of nitrogen functional groups attached to an aromatic ring is 1. The van der Waals surface area contributed by atoms with Gasteiger partial charge in [0, 0.05) is 12.2 Å². The first-order valence-corrected chi connectivity index (χ1v) is 7.73. The van der Waals surface area contributed by atoms with Crippen LogP contribution in [0.3, 0.4) is 0 Å². The Balaban J connectivity index is 2.71.